The highest BCUT2D eigenvalue weighted by molar-refractivity contribution is 5.78. The van der Waals surface area contributed by atoms with Crippen molar-refractivity contribution in [3.8, 4) is 0 Å². The number of oxazole rings is 1. The molecule has 4 rings (SSSR count). The van der Waals surface area contributed by atoms with E-state index < -0.39 is 0 Å². The SMILES string of the molecule is Nc1ccc2oc(NC3CC4CCC3C4)nc2c1. The van der Waals surface area contributed by atoms with E-state index >= 15 is 0 Å². The number of fused-ring (bicyclic) bond motifs is 3. The third kappa shape index (κ3) is 1.55. The van der Waals surface area contributed by atoms with E-state index in [9.17, 15) is 0 Å². The molecular weight excluding hydrogens is 226 g/mol. The van der Waals surface area contributed by atoms with E-state index in [2.05, 4.69) is 10.3 Å². The Hall–Kier alpha value is -1.71. The van der Waals surface area contributed by atoms with Crippen LogP contribution in [0, 0.1) is 11.8 Å². The summed E-state index contributed by atoms with van der Waals surface area (Å²) < 4.78 is 5.71. The summed E-state index contributed by atoms with van der Waals surface area (Å²) in [4.78, 5) is 4.46. The van der Waals surface area contributed by atoms with Gasteiger partial charge in [0.15, 0.2) is 5.58 Å². The summed E-state index contributed by atoms with van der Waals surface area (Å²) in [5.41, 5.74) is 8.10. The topological polar surface area (TPSA) is 64.1 Å². The third-order valence-corrected chi connectivity index (χ3v) is 4.46. The van der Waals surface area contributed by atoms with Crippen LogP contribution >= 0.6 is 0 Å². The molecule has 0 radical (unpaired) electrons. The normalized spacial score (nSPS) is 30.1. The van der Waals surface area contributed by atoms with E-state index in [-0.39, 0.29) is 0 Å². The van der Waals surface area contributed by atoms with Crippen molar-refractivity contribution >= 4 is 22.8 Å². The highest BCUT2D eigenvalue weighted by Crippen LogP contribution is 2.45. The number of nitrogens with zero attached hydrogens (tertiary/aromatic N) is 1. The highest BCUT2D eigenvalue weighted by Gasteiger charge is 2.39. The van der Waals surface area contributed by atoms with Crippen molar-refractivity contribution < 1.29 is 4.42 Å². The molecule has 4 nitrogen and oxygen atoms in total. The van der Waals surface area contributed by atoms with Crippen LogP contribution in [0.25, 0.3) is 11.1 Å². The Kier molecular flexibility index (Phi) is 2.07. The smallest absolute Gasteiger partial charge is 0.295 e. The number of anilines is 2. The molecule has 2 aliphatic carbocycles. The second-order valence-corrected chi connectivity index (χ2v) is 5.67. The number of nitrogens with one attached hydrogen (secondary N) is 1. The van der Waals surface area contributed by atoms with Crippen molar-refractivity contribution in [3.05, 3.63) is 18.2 Å². The molecule has 2 bridgehead atoms. The fourth-order valence-corrected chi connectivity index (χ4v) is 3.59. The fourth-order valence-electron chi connectivity index (χ4n) is 3.59. The van der Waals surface area contributed by atoms with E-state index in [1.165, 1.54) is 25.7 Å². The van der Waals surface area contributed by atoms with Crippen LogP contribution in [0.4, 0.5) is 11.7 Å². The first-order chi connectivity index (χ1) is 8.78. The summed E-state index contributed by atoms with van der Waals surface area (Å²) in [6.45, 7) is 0. The van der Waals surface area contributed by atoms with Gasteiger partial charge in [0.2, 0.25) is 0 Å². The van der Waals surface area contributed by atoms with Crippen molar-refractivity contribution in [2.45, 2.75) is 31.7 Å². The summed E-state index contributed by atoms with van der Waals surface area (Å²) in [6, 6.07) is 6.77. The van der Waals surface area contributed by atoms with Crippen LogP contribution in [-0.2, 0) is 0 Å². The molecule has 0 spiro atoms. The maximum Gasteiger partial charge on any atom is 0.295 e. The predicted molar refractivity (Wildman–Crippen MR) is 71.3 cm³/mol. The summed E-state index contributed by atoms with van der Waals surface area (Å²) >= 11 is 0. The molecule has 3 unspecified atom stereocenters. The molecule has 4 heteroatoms. The molecule has 1 heterocycles. The first-order valence-electron chi connectivity index (χ1n) is 6.70. The molecule has 2 saturated carbocycles. The standard InChI is InChI=1S/C14H17N3O/c15-10-3-4-13-12(7-10)17-14(18-13)16-11-6-8-1-2-9(11)5-8/h3-4,7-9,11H,1-2,5-6,15H2,(H,16,17). The molecule has 0 amide bonds. The predicted octanol–water partition coefficient (Wildman–Crippen LogP) is 3.01. The average molecular weight is 243 g/mol. The lowest BCUT2D eigenvalue weighted by Crippen LogP contribution is -2.25. The van der Waals surface area contributed by atoms with Crippen molar-refractivity contribution in [1.29, 1.82) is 0 Å². The van der Waals surface area contributed by atoms with Gasteiger partial charge in [-0.15, -0.1) is 0 Å². The van der Waals surface area contributed by atoms with Crippen molar-refractivity contribution in [3.63, 3.8) is 0 Å². The molecule has 2 fully saturated rings. The Labute approximate surface area is 106 Å². The first-order valence-corrected chi connectivity index (χ1v) is 6.70. The van der Waals surface area contributed by atoms with Crippen molar-refractivity contribution in [2.75, 3.05) is 11.1 Å². The van der Waals surface area contributed by atoms with Gasteiger partial charge in [-0.25, -0.2) is 0 Å². The zero-order valence-electron chi connectivity index (χ0n) is 10.2. The van der Waals surface area contributed by atoms with E-state index in [0.717, 1.165) is 28.6 Å². The van der Waals surface area contributed by atoms with E-state index in [1.54, 1.807) is 0 Å². The summed E-state index contributed by atoms with van der Waals surface area (Å²) in [5.74, 6) is 1.74. The van der Waals surface area contributed by atoms with Crippen molar-refractivity contribution in [1.82, 2.24) is 4.98 Å². The molecule has 1 aromatic carbocycles. The fraction of sp³-hybridized carbons (Fsp3) is 0.500. The summed E-state index contributed by atoms with van der Waals surface area (Å²) in [6.07, 6.45) is 5.42. The maximum atomic E-state index is 5.74. The van der Waals surface area contributed by atoms with Gasteiger partial charge in [-0.2, -0.15) is 4.98 Å². The van der Waals surface area contributed by atoms with Gasteiger partial charge in [-0.3, -0.25) is 0 Å². The third-order valence-electron chi connectivity index (χ3n) is 4.46. The number of hydrogen-bond acceptors (Lipinski definition) is 4. The molecule has 1 aromatic heterocycles. The van der Waals surface area contributed by atoms with Crippen LogP contribution in [0.15, 0.2) is 22.6 Å². The Morgan fingerprint density at radius 1 is 1.28 bits per heavy atom. The lowest BCUT2D eigenvalue weighted by atomic mass is 9.96. The van der Waals surface area contributed by atoms with Crippen molar-refractivity contribution in [2.24, 2.45) is 11.8 Å². The van der Waals surface area contributed by atoms with Gasteiger partial charge in [-0.05, 0) is 49.3 Å². The molecule has 3 atom stereocenters. The molecule has 2 aliphatic rings. The van der Waals surface area contributed by atoms with Crippen LogP contribution < -0.4 is 11.1 Å². The Balaban J connectivity index is 1.59. The zero-order valence-corrected chi connectivity index (χ0v) is 10.2. The number of rotatable bonds is 2. The van der Waals surface area contributed by atoms with Gasteiger partial charge in [0.25, 0.3) is 6.01 Å². The van der Waals surface area contributed by atoms with Crippen LogP contribution in [0.3, 0.4) is 0 Å². The van der Waals surface area contributed by atoms with Gasteiger partial charge in [-0.1, -0.05) is 6.42 Å². The van der Waals surface area contributed by atoms with Gasteiger partial charge >= 0.3 is 0 Å². The van der Waals surface area contributed by atoms with Gasteiger partial charge < -0.3 is 15.5 Å². The number of nitrogen functional groups attached to an aromatic ring is 1. The molecule has 0 aliphatic heterocycles. The van der Waals surface area contributed by atoms with E-state index in [0.29, 0.717) is 12.1 Å². The molecule has 18 heavy (non-hydrogen) atoms. The van der Waals surface area contributed by atoms with Gasteiger partial charge in [0.1, 0.15) is 5.52 Å². The van der Waals surface area contributed by atoms with E-state index in [1.807, 2.05) is 18.2 Å². The second-order valence-electron chi connectivity index (χ2n) is 5.67. The largest absolute Gasteiger partial charge is 0.424 e. The summed E-state index contributed by atoms with van der Waals surface area (Å²) in [7, 11) is 0. The molecular formula is C14H17N3O. The Morgan fingerprint density at radius 2 is 2.22 bits per heavy atom. The molecule has 3 N–H and O–H groups in total. The minimum Gasteiger partial charge on any atom is -0.424 e. The monoisotopic (exact) mass is 243 g/mol. The number of benzene rings is 1. The quantitative estimate of drug-likeness (QED) is 0.796. The number of nitrogens with two attached hydrogens (primary N) is 1. The average Bonchev–Trinajstić information content (AvgIpc) is 3.02. The molecule has 0 saturated heterocycles. The highest BCUT2D eigenvalue weighted by atomic mass is 16.4. The maximum absolute atomic E-state index is 5.74. The zero-order chi connectivity index (χ0) is 12.1. The Bertz CT molecular complexity index is 592. The second kappa shape index (κ2) is 3.64. The minimum atomic E-state index is 0.550. The minimum absolute atomic E-state index is 0.550. The van der Waals surface area contributed by atoms with Crippen LogP contribution in [-0.4, -0.2) is 11.0 Å². The van der Waals surface area contributed by atoms with E-state index in [4.69, 9.17) is 10.2 Å². The van der Waals surface area contributed by atoms with Gasteiger partial charge in [0, 0.05) is 11.7 Å². The Morgan fingerprint density at radius 3 is 3.00 bits per heavy atom. The van der Waals surface area contributed by atoms with Crippen LogP contribution in [0.1, 0.15) is 25.7 Å². The van der Waals surface area contributed by atoms with Gasteiger partial charge in [0.05, 0.1) is 0 Å². The first kappa shape index (κ1) is 10.2. The summed E-state index contributed by atoms with van der Waals surface area (Å²) in [5, 5.41) is 3.46. The van der Waals surface area contributed by atoms with Crippen LogP contribution in [0.2, 0.25) is 0 Å². The molecule has 2 aromatic rings. The number of hydrogen-bond donors (Lipinski definition) is 2. The number of aromatic nitrogens is 1. The lowest BCUT2D eigenvalue weighted by molar-refractivity contribution is 0.429. The molecule has 94 valence electrons. The lowest BCUT2D eigenvalue weighted by Gasteiger charge is -2.21. The van der Waals surface area contributed by atoms with Crippen LogP contribution in [0.5, 0.6) is 0 Å².